The Morgan fingerprint density at radius 3 is 2.10 bits per heavy atom. The summed E-state index contributed by atoms with van der Waals surface area (Å²) in [5.74, 6) is 1.80. The number of benzene rings is 2. The Morgan fingerprint density at radius 2 is 1.58 bits per heavy atom. The molecule has 0 bridgehead atoms. The SMILES string of the molecule is CCC1=C(c2ccc(OC)c(C)c2)C(CC)N(c2ccc(OC)c(C)c2)C=C1CCO. The first-order valence-corrected chi connectivity index (χ1v) is 11.1. The van der Waals surface area contributed by atoms with Crippen LogP contribution in [0.25, 0.3) is 5.57 Å². The fourth-order valence-corrected chi connectivity index (χ4v) is 4.69. The number of anilines is 1. The molecule has 1 heterocycles. The molecule has 4 nitrogen and oxygen atoms in total. The lowest BCUT2D eigenvalue weighted by atomic mass is 9.82. The van der Waals surface area contributed by atoms with Crippen molar-refractivity contribution in [2.24, 2.45) is 0 Å². The van der Waals surface area contributed by atoms with Crippen molar-refractivity contribution in [2.45, 2.75) is 53.0 Å². The van der Waals surface area contributed by atoms with Gasteiger partial charge in [-0.1, -0.05) is 19.9 Å². The molecule has 0 aromatic heterocycles. The van der Waals surface area contributed by atoms with Gasteiger partial charge in [0.15, 0.2) is 0 Å². The summed E-state index contributed by atoms with van der Waals surface area (Å²) >= 11 is 0. The highest BCUT2D eigenvalue weighted by molar-refractivity contribution is 5.82. The second-order valence-electron chi connectivity index (χ2n) is 8.04. The molecule has 0 spiro atoms. The summed E-state index contributed by atoms with van der Waals surface area (Å²) in [6, 6.07) is 13.0. The molecule has 1 unspecified atom stereocenters. The van der Waals surface area contributed by atoms with E-state index in [1.165, 1.54) is 22.3 Å². The molecule has 3 rings (SSSR count). The van der Waals surface area contributed by atoms with Gasteiger partial charge in [-0.15, -0.1) is 0 Å². The van der Waals surface area contributed by atoms with Crippen LogP contribution in [0.4, 0.5) is 5.69 Å². The summed E-state index contributed by atoms with van der Waals surface area (Å²) in [6.45, 7) is 8.75. The lowest BCUT2D eigenvalue weighted by Gasteiger charge is -2.39. The number of hydrogen-bond acceptors (Lipinski definition) is 4. The number of aliphatic hydroxyl groups excluding tert-OH is 1. The van der Waals surface area contributed by atoms with E-state index in [4.69, 9.17) is 9.47 Å². The summed E-state index contributed by atoms with van der Waals surface area (Å²) < 4.78 is 11.0. The summed E-state index contributed by atoms with van der Waals surface area (Å²) in [7, 11) is 3.42. The van der Waals surface area contributed by atoms with Crippen LogP contribution in [0, 0.1) is 13.8 Å². The molecule has 4 heteroatoms. The molecule has 31 heavy (non-hydrogen) atoms. The van der Waals surface area contributed by atoms with Gasteiger partial charge < -0.3 is 19.5 Å². The number of aryl methyl sites for hydroxylation is 2. The van der Waals surface area contributed by atoms with Gasteiger partial charge in [-0.2, -0.15) is 0 Å². The number of methoxy groups -OCH3 is 2. The second-order valence-corrected chi connectivity index (χ2v) is 8.04. The van der Waals surface area contributed by atoms with Crippen LogP contribution in [0.15, 0.2) is 53.7 Å². The van der Waals surface area contributed by atoms with Crippen LogP contribution in [0.1, 0.15) is 49.8 Å². The predicted molar refractivity (Wildman–Crippen MR) is 129 cm³/mol. The van der Waals surface area contributed by atoms with E-state index in [0.29, 0.717) is 6.42 Å². The number of rotatable bonds is 8. The van der Waals surface area contributed by atoms with Gasteiger partial charge >= 0.3 is 0 Å². The van der Waals surface area contributed by atoms with Crippen LogP contribution in [-0.4, -0.2) is 32.0 Å². The van der Waals surface area contributed by atoms with Crippen molar-refractivity contribution in [3.05, 3.63) is 70.4 Å². The van der Waals surface area contributed by atoms with Crippen LogP contribution in [0.5, 0.6) is 11.5 Å². The quantitative estimate of drug-likeness (QED) is 0.563. The summed E-state index contributed by atoms with van der Waals surface area (Å²) in [5, 5.41) is 9.78. The minimum atomic E-state index is 0.135. The minimum Gasteiger partial charge on any atom is -0.496 e. The number of allylic oxidation sites excluding steroid dienone is 1. The lowest BCUT2D eigenvalue weighted by Crippen LogP contribution is -2.35. The van der Waals surface area contributed by atoms with E-state index in [0.717, 1.165) is 41.2 Å². The maximum Gasteiger partial charge on any atom is 0.121 e. The molecule has 2 aromatic carbocycles. The predicted octanol–water partition coefficient (Wildman–Crippen LogP) is 6.05. The van der Waals surface area contributed by atoms with Crippen molar-refractivity contribution in [3.8, 4) is 11.5 Å². The first kappa shape index (κ1) is 23.0. The maximum absolute atomic E-state index is 9.78. The number of nitrogens with zero attached hydrogens (tertiary/aromatic N) is 1. The average Bonchev–Trinajstić information content (AvgIpc) is 2.78. The zero-order chi connectivity index (χ0) is 22.5. The summed E-state index contributed by atoms with van der Waals surface area (Å²) in [5.41, 5.74) is 8.48. The van der Waals surface area contributed by atoms with E-state index in [9.17, 15) is 5.11 Å². The van der Waals surface area contributed by atoms with Gasteiger partial charge in [-0.05, 0) is 96.9 Å². The standard InChI is InChI=1S/C27H35NO3/c1-7-23-21(13-14-29)17-28(22-10-12-26(31-6)19(4)16-22)24(8-2)27(23)20-9-11-25(30-5)18(3)15-20/h9-12,15-17,24,29H,7-8,13-14H2,1-6H3. The van der Waals surface area contributed by atoms with E-state index < -0.39 is 0 Å². The van der Waals surface area contributed by atoms with Gasteiger partial charge in [-0.25, -0.2) is 0 Å². The Labute approximate surface area is 186 Å². The second kappa shape index (κ2) is 10.1. The maximum atomic E-state index is 9.78. The molecule has 1 aliphatic rings. The monoisotopic (exact) mass is 421 g/mol. The first-order chi connectivity index (χ1) is 15.0. The molecule has 0 saturated carbocycles. The van der Waals surface area contributed by atoms with Crippen LogP contribution in [-0.2, 0) is 0 Å². The van der Waals surface area contributed by atoms with Crippen molar-refractivity contribution < 1.29 is 14.6 Å². The molecule has 0 fully saturated rings. The molecule has 1 N–H and O–H groups in total. The molecular weight excluding hydrogens is 386 g/mol. The zero-order valence-corrected chi connectivity index (χ0v) is 19.7. The minimum absolute atomic E-state index is 0.135. The number of hydrogen-bond donors (Lipinski definition) is 1. The van der Waals surface area contributed by atoms with Gasteiger partial charge in [-0.3, -0.25) is 0 Å². The number of ether oxygens (including phenoxy) is 2. The third kappa shape index (κ3) is 4.49. The Bertz CT molecular complexity index is 990. The Kier molecular flexibility index (Phi) is 7.45. The highest BCUT2D eigenvalue weighted by atomic mass is 16.5. The molecule has 0 saturated heterocycles. The normalized spacial score (nSPS) is 16.4. The van der Waals surface area contributed by atoms with Gasteiger partial charge in [0.25, 0.3) is 0 Å². The molecule has 0 aliphatic carbocycles. The van der Waals surface area contributed by atoms with Crippen molar-refractivity contribution in [1.82, 2.24) is 0 Å². The van der Waals surface area contributed by atoms with Crippen molar-refractivity contribution in [3.63, 3.8) is 0 Å². The third-order valence-corrected chi connectivity index (χ3v) is 6.18. The van der Waals surface area contributed by atoms with E-state index in [2.05, 4.69) is 69.1 Å². The van der Waals surface area contributed by atoms with Crippen LogP contribution in [0.2, 0.25) is 0 Å². The van der Waals surface area contributed by atoms with E-state index in [1.54, 1.807) is 14.2 Å². The molecule has 1 aliphatic heterocycles. The van der Waals surface area contributed by atoms with Gasteiger partial charge in [0, 0.05) is 18.5 Å². The molecular formula is C27H35NO3. The smallest absolute Gasteiger partial charge is 0.121 e. The van der Waals surface area contributed by atoms with Crippen LogP contribution >= 0.6 is 0 Å². The van der Waals surface area contributed by atoms with Gasteiger partial charge in [0.2, 0.25) is 0 Å². The highest BCUT2D eigenvalue weighted by Crippen LogP contribution is 2.42. The Morgan fingerprint density at radius 1 is 0.935 bits per heavy atom. The Balaban J connectivity index is 2.19. The van der Waals surface area contributed by atoms with Gasteiger partial charge in [0.05, 0.1) is 20.3 Å². The molecule has 0 amide bonds. The first-order valence-electron chi connectivity index (χ1n) is 11.1. The average molecular weight is 422 g/mol. The van der Waals surface area contributed by atoms with Crippen LogP contribution in [0.3, 0.4) is 0 Å². The summed E-state index contributed by atoms with van der Waals surface area (Å²) in [4.78, 5) is 2.37. The van der Waals surface area contributed by atoms with Crippen molar-refractivity contribution >= 4 is 11.3 Å². The number of aliphatic hydroxyl groups is 1. The third-order valence-electron chi connectivity index (χ3n) is 6.18. The zero-order valence-electron chi connectivity index (χ0n) is 19.7. The van der Waals surface area contributed by atoms with E-state index in [1.807, 2.05) is 6.07 Å². The van der Waals surface area contributed by atoms with Gasteiger partial charge in [0.1, 0.15) is 11.5 Å². The van der Waals surface area contributed by atoms with Crippen LogP contribution < -0.4 is 14.4 Å². The molecule has 166 valence electrons. The fraction of sp³-hybridized carbons (Fsp3) is 0.407. The molecule has 1 atom stereocenters. The largest absolute Gasteiger partial charge is 0.496 e. The fourth-order valence-electron chi connectivity index (χ4n) is 4.69. The van der Waals surface area contributed by atoms with Crippen molar-refractivity contribution in [2.75, 3.05) is 25.7 Å². The lowest BCUT2D eigenvalue weighted by molar-refractivity contribution is 0.299. The highest BCUT2D eigenvalue weighted by Gasteiger charge is 2.30. The topological polar surface area (TPSA) is 41.9 Å². The summed E-state index contributed by atoms with van der Waals surface area (Å²) in [6.07, 6.45) is 4.78. The van der Waals surface area contributed by atoms with E-state index in [-0.39, 0.29) is 12.6 Å². The molecule has 2 aromatic rings. The molecule has 0 radical (unpaired) electrons. The van der Waals surface area contributed by atoms with E-state index >= 15 is 0 Å². The Hall–Kier alpha value is -2.72. The van der Waals surface area contributed by atoms with Crippen molar-refractivity contribution in [1.29, 1.82) is 0 Å².